The van der Waals surface area contributed by atoms with Gasteiger partial charge in [-0.05, 0) is 42.8 Å². The molecule has 0 atom stereocenters. The number of ketones is 1. The van der Waals surface area contributed by atoms with Crippen LogP contribution in [-0.2, 0) is 9.53 Å². The van der Waals surface area contributed by atoms with E-state index in [0.29, 0.717) is 10.4 Å². The normalized spacial score (nSPS) is 10.9. The molecule has 0 saturated carbocycles. The van der Waals surface area contributed by atoms with Crippen LogP contribution in [0.5, 0.6) is 0 Å². The zero-order valence-corrected chi connectivity index (χ0v) is 15.1. The summed E-state index contributed by atoms with van der Waals surface area (Å²) in [5.74, 6) is -1.08. The average molecular weight is 354 g/mol. The summed E-state index contributed by atoms with van der Waals surface area (Å²) in [6, 6.07) is 12.7. The largest absolute Gasteiger partial charge is 0.453 e. The van der Waals surface area contributed by atoms with Crippen molar-refractivity contribution in [2.24, 2.45) is 0 Å². The number of esters is 1. The van der Waals surface area contributed by atoms with Crippen LogP contribution >= 0.6 is 11.3 Å². The summed E-state index contributed by atoms with van der Waals surface area (Å²) in [5.41, 5.74) is 1.57. The number of nitriles is 1. The van der Waals surface area contributed by atoms with Gasteiger partial charge in [0, 0.05) is 24.7 Å². The number of Topliss-reactive ketones (excluding diaryl/α,β-unsaturated/α-hetero) is 1. The molecule has 1 aromatic heterocycles. The van der Waals surface area contributed by atoms with E-state index in [0.717, 1.165) is 10.6 Å². The lowest BCUT2D eigenvalue weighted by molar-refractivity contribution is -0.137. The molecule has 1 aromatic carbocycles. The first kappa shape index (κ1) is 18.4. The van der Waals surface area contributed by atoms with Gasteiger partial charge in [0.15, 0.2) is 6.61 Å². The van der Waals surface area contributed by atoms with Crippen LogP contribution < -0.4 is 4.90 Å². The highest BCUT2D eigenvalue weighted by atomic mass is 32.1. The fraction of sp³-hybridized carbons (Fsp3) is 0.211. The van der Waals surface area contributed by atoms with Crippen molar-refractivity contribution in [1.82, 2.24) is 0 Å². The minimum atomic E-state index is -0.805. The van der Waals surface area contributed by atoms with Crippen LogP contribution in [0.1, 0.15) is 20.1 Å². The van der Waals surface area contributed by atoms with E-state index in [4.69, 9.17) is 4.74 Å². The molecule has 0 radical (unpaired) electrons. The van der Waals surface area contributed by atoms with Gasteiger partial charge in [-0.1, -0.05) is 12.1 Å². The molecule has 0 aliphatic heterocycles. The Morgan fingerprint density at radius 3 is 2.40 bits per heavy atom. The zero-order chi connectivity index (χ0) is 18.4. The number of hydrogen-bond donors (Lipinski definition) is 0. The molecule has 2 rings (SSSR count). The van der Waals surface area contributed by atoms with Crippen LogP contribution in [0.15, 0.2) is 42.0 Å². The Hall–Kier alpha value is -2.91. The number of carbonyl (C=O) groups is 2. The summed E-state index contributed by atoms with van der Waals surface area (Å²) in [7, 11) is 3.85. The van der Waals surface area contributed by atoms with Crippen molar-refractivity contribution in [3.05, 3.63) is 57.3 Å². The van der Waals surface area contributed by atoms with E-state index >= 15 is 0 Å². The van der Waals surface area contributed by atoms with Gasteiger partial charge in [0.25, 0.3) is 0 Å². The molecule has 0 amide bonds. The lowest BCUT2D eigenvalue weighted by atomic mass is 10.1. The van der Waals surface area contributed by atoms with Crippen LogP contribution in [0.2, 0.25) is 0 Å². The molecule has 0 bridgehead atoms. The highest BCUT2D eigenvalue weighted by Crippen LogP contribution is 2.17. The monoisotopic (exact) mass is 354 g/mol. The number of ether oxygens (including phenoxy) is 1. The van der Waals surface area contributed by atoms with Gasteiger partial charge in [0.05, 0.1) is 4.88 Å². The van der Waals surface area contributed by atoms with Crippen molar-refractivity contribution in [3.63, 3.8) is 0 Å². The van der Waals surface area contributed by atoms with Gasteiger partial charge < -0.3 is 9.64 Å². The van der Waals surface area contributed by atoms with Gasteiger partial charge in [0.2, 0.25) is 5.78 Å². The summed E-state index contributed by atoms with van der Waals surface area (Å²) in [6.45, 7) is 1.52. The number of aryl methyl sites for hydroxylation is 1. The minimum absolute atomic E-state index is 0.146. The Kier molecular flexibility index (Phi) is 6.09. The second-order valence-corrected chi connectivity index (χ2v) is 6.85. The Morgan fingerprint density at radius 2 is 1.88 bits per heavy atom. The average Bonchev–Trinajstić information content (AvgIpc) is 3.04. The second kappa shape index (κ2) is 8.27. The molecule has 0 aliphatic rings. The number of carbonyl (C=O) groups excluding carboxylic acids is 2. The lowest BCUT2D eigenvalue weighted by Gasteiger charge is -2.11. The third-order valence-corrected chi connectivity index (χ3v) is 4.45. The van der Waals surface area contributed by atoms with Crippen molar-refractivity contribution in [2.75, 3.05) is 25.6 Å². The number of rotatable bonds is 6. The Balaban J connectivity index is 2.02. The number of benzene rings is 1. The smallest absolute Gasteiger partial charge is 0.349 e. The van der Waals surface area contributed by atoms with E-state index in [-0.39, 0.29) is 18.0 Å². The van der Waals surface area contributed by atoms with Gasteiger partial charge in [-0.25, -0.2) is 4.79 Å². The highest BCUT2D eigenvalue weighted by molar-refractivity contribution is 7.14. The highest BCUT2D eigenvalue weighted by Gasteiger charge is 2.15. The van der Waals surface area contributed by atoms with Gasteiger partial charge in [0.1, 0.15) is 11.6 Å². The molecule has 25 heavy (non-hydrogen) atoms. The molecule has 0 spiro atoms. The Morgan fingerprint density at radius 1 is 1.20 bits per heavy atom. The van der Waals surface area contributed by atoms with Crippen LogP contribution in [0.4, 0.5) is 5.69 Å². The van der Waals surface area contributed by atoms with Crippen LogP contribution in [0.3, 0.4) is 0 Å². The summed E-state index contributed by atoms with van der Waals surface area (Å²) in [6.07, 6.45) is 1.45. The fourth-order valence-corrected chi connectivity index (χ4v) is 2.83. The van der Waals surface area contributed by atoms with Crippen LogP contribution in [0, 0.1) is 18.3 Å². The molecule has 128 valence electrons. The molecule has 2 aromatic rings. The number of nitrogens with zero attached hydrogens (tertiary/aromatic N) is 2. The van der Waals surface area contributed by atoms with Crippen molar-refractivity contribution < 1.29 is 14.3 Å². The van der Waals surface area contributed by atoms with E-state index in [1.807, 2.05) is 50.2 Å². The topological polar surface area (TPSA) is 70.4 Å². The van der Waals surface area contributed by atoms with E-state index < -0.39 is 5.97 Å². The van der Waals surface area contributed by atoms with Crippen molar-refractivity contribution in [1.29, 1.82) is 5.26 Å². The molecular weight excluding hydrogens is 336 g/mol. The fourth-order valence-electron chi connectivity index (χ4n) is 2.04. The molecule has 5 nitrogen and oxygen atoms in total. The maximum atomic E-state index is 12.0. The first-order chi connectivity index (χ1) is 11.9. The summed E-state index contributed by atoms with van der Waals surface area (Å²) in [4.78, 5) is 27.5. The first-order valence-electron chi connectivity index (χ1n) is 7.56. The first-order valence-corrected chi connectivity index (χ1v) is 8.38. The van der Waals surface area contributed by atoms with Crippen LogP contribution in [0.25, 0.3) is 6.08 Å². The van der Waals surface area contributed by atoms with Gasteiger partial charge in [-0.2, -0.15) is 5.26 Å². The summed E-state index contributed by atoms with van der Waals surface area (Å²) in [5, 5.41) is 9.18. The molecular formula is C19H18N2O3S. The molecule has 1 heterocycles. The number of anilines is 1. The summed E-state index contributed by atoms with van der Waals surface area (Å²) < 4.78 is 4.97. The predicted molar refractivity (Wildman–Crippen MR) is 98.7 cm³/mol. The van der Waals surface area contributed by atoms with Gasteiger partial charge in [-0.15, -0.1) is 11.3 Å². The minimum Gasteiger partial charge on any atom is -0.453 e. The molecule has 0 N–H and O–H groups in total. The second-order valence-electron chi connectivity index (χ2n) is 5.57. The maximum absolute atomic E-state index is 12.0. The van der Waals surface area contributed by atoms with E-state index in [9.17, 15) is 14.9 Å². The molecule has 0 saturated heterocycles. The maximum Gasteiger partial charge on any atom is 0.349 e. The number of hydrogen-bond acceptors (Lipinski definition) is 6. The molecule has 0 fully saturated rings. The number of thiophene rings is 1. The van der Waals surface area contributed by atoms with E-state index in [1.54, 1.807) is 18.2 Å². The summed E-state index contributed by atoms with van der Waals surface area (Å²) >= 11 is 1.34. The van der Waals surface area contributed by atoms with Crippen LogP contribution in [-0.4, -0.2) is 32.5 Å². The Labute approximate surface area is 150 Å². The SMILES string of the molecule is Cc1ccc(C(=O)COC(=O)/C(C#N)=C/c2ccc(N(C)C)cc2)s1. The Bertz CT molecular complexity index is 842. The van der Waals surface area contributed by atoms with E-state index in [2.05, 4.69) is 0 Å². The third kappa shape index (κ3) is 5.03. The molecule has 6 heteroatoms. The standard InChI is InChI=1S/C19H18N2O3S/c1-13-4-9-18(25-13)17(22)12-24-19(23)15(11-20)10-14-5-7-16(8-6-14)21(2)3/h4-10H,12H2,1-3H3/b15-10+. The van der Waals surface area contributed by atoms with Crippen molar-refractivity contribution >= 4 is 34.9 Å². The molecule has 0 aliphatic carbocycles. The van der Waals surface area contributed by atoms with E-state index in [1.165, 1.54) is 17.4 Å². The van der Waals surface area contributed by atoms with Crippen molar-refractivity contribution in [2.45, 2.75) is 6.92 Å². The van der Waals surface area contributed by atoms with Gasteiger partial charge in [-0.3, -0.25) is 4.79 Å². The predicted octanol–water partition coefficient (Wildman–Crippen LogP) is 3.46. The third-order valence-electron chi connectivity index (χ3n) is 3.41. The zero-order valence-electron chi connectivity index (χ0n) is 14.3. The quantitative estimate of drug-likeness (QED) is 0.344. The van der Waals surface area contributed by atoms with Crippen molar-refractivity contribution in [3.8, 4) is 6.07 Å². The lowest BCUT2D eigenvalue weighted by Crippen LogP contribution is -2.14. The van der Waals surface area contributed by atoms with Gasteiger partial charge >= 0.3 is 5.97 Å². The molecule has 0 unspecified atom stereocenters.